The summed E-state index contributed by atoms with van der Waals surface area (Å²) in [6.07, 6.45) is 4.10. The molecule has 1 fully saturated rings. The number of hydrogen-bond donors (Lipinski definition) is 2. The van der Waals surface area contributed by atoms with Gasteiger partial charge in [0.2, 0.25) is 0 Å². The van der Waals surface area contributed by atoms with Crippen LogP contribution in [0.1, 0.15) is 46.2 Å². The summed E-state index contributed by atoms with van der Waals surface area (Å²) in [6, 6.07) is 2.02. The maximum atomic E-state index is 5.94. The number of aromatic nitrogens is 1. The van der Waals surface area contributed by atoms with Crippen molar-refractivity contribution in [1.29, 1.82) is 0 Å². The van der Waals surface area contributed by atoms with E-state index in [1.165, 1.54) is 0 Å². The molecule has 1 aromatic rings. The highest BCUT2D eigenvalue weighted by Gasteiger charge is 2.42. The Labute approximate surface area is 127 Å². The van der Waals surface area contributed by atoms with Crippen LogP contribution in [-0.2, 0) is 4.74 Å². The normalized spacial score (nSPS) is 30.6. The Morgan fingerprint density at radius 2 is 1.95 bits per heavy atom. The van der Waals surface area contributed by atoms with Gasteiger partial charge in [-0.2, -0.15) is 0 Å². The van der Waals surface area contributed by atoms with Crippen molar-refractivity contribution in [3.05, 3.63) is 24.0 Å². The number of hydrogen-bond acceptors (Lipinski definition) is 5. The summed E-state index contributed by atoms with van der Waals surface area (Å²) in [7, 11) is 0. The summed E-state index contributed by atoms with van der Waals surface area (Å²) < 4.78 is 11.7. The van der Waals surface area contributed by atoms with E-state index < -0.39 is 0 Å². The van der Waals surface area contributed by atoms with Crippen molar-refractivity contribution in [2.75, 3.05) is 0 Å². The third kappa shape index (κ3) is 3.54. The molecule has 118 valence electrons. The van der Waals surface area contributed by atoms with Gasteiger partial charge in [0.15, 0.2) is 0 Å². The Morgan fingerprint density at radius 1 is 1.24 bits per heavy atom. The molecular formula is C16H27N3O2. The molecule has 5 nitrogen and oxygen atoms in total. The summed E-state index contributed by atoms with van der Waals surface area (Å²) in [6.45, 7) is 10.4. The van der Waals surface area contributed by atoms with Crippen LogP contribution >= 0.6 is 0 Å². The Kier molecular flexibility index (Phi) is 5.19. The van der Waals surface area contributed by atoms with Crippen LogP contribution in [0, 0.1) is 11.8 Å². The third-order valence-electron chi connectivity index (χ3n) is 4.35. The lowest BCUT2D eigenvalue weighted by atomic mass is 9.81. The lowest BCUT2D eigenvalue weighted by Crippen LogP contribution is -2.38. The minimum atomic E-state index is 0.00293. The second-order valence-electron chi connectivity index (χ2n) is 6.25. The summed E-state index contributed by atoms with van der Waals surface area (Å²) in [4.78, 5) is 4.29. The molecule has 0 saturated carbocycles. The number of nitrogens with zero attached hydrogens (tertiary/aromatic N) is 1. The van der Waals surface area contributed by atoms with Crippen LogP contribution in [0.3, 0.4) is 0 Å². The van der Waals surface area contributed by atoms with Gasteiger partial charge in [0.25, 0.3) is 0 Å². The molecule has 1 aliphatic heterocycles. The zero-order valence-corrected chi connectivity index (χ0v) is 13.5. The summed E-state index contributed by atoms with van der Waals surface area (Å²) in [5.41, 5.74) is 3.99. The predicted molar refractivity (Wildman–Crippen MR) is 82.7 cm³/mol. The molecule has 2 rings (SSSR count). The number of rotatable bonds is 5. The molecule has 1 saturated heterocycles. The molecule has 5 atom stereocenters. The van der Waals surface area contributed by atoms with Crippen molar-refractivity contribution in [3.63, 3.8) is 0 Å². The fraction of sp³-hybridized carbons (Fsp3) is 0.688. The van der Waals surface area contributed by atoms with Gasteiger partial charge in [0.1, 0.15) is 5.75 Å². The summed E-state index contributed by atoms with van der Waals surface area (Å²) >= 11 is 0. The van der Waals surface area contributed by atoms with Crippen LogP contribution in [-0.4, -0.2) is 23.3 Å². The van der Waals surface area contributed by atoms with Crippen LogP contribution in [0.25, 0.3) is 0 Å². The van der Waals surface area contributed by atoms with Crippen molar-refractivity contribution in [3.8, 4) is 5.75 Å². The van der Waals surface area contributed by atoms with E-state index in [-0.39, 0.29) is 24.4 Å². The standard InChI is InChI=1S/C16H27N3O2/c1-9(2)20-14-6-13(7-18-8-14)16(19-17)15-10(3)11(4)21-12(15)5/h6-12,15-16,19H,17H2,1-5H3. The first-order valence-electron chi connectivity index (χ1n) is 7.67. The predicted octanol–water partition coefficient (Wildman–Crippen LogP) is 2.43. The summed E-state index contributed by atoms with van der Waals surface area (Å²) in [5.74, 6) is 7.34. The van der Waals surface area contributed by atoms with E-state index in [9.17, 15) is 0 Å². The monoisotopic (exact) mass is 293 g/mol. The van der Waals surface area contributed by atoms with Gasteiger partial charge < -0.3 is 9.47 Å². The maximum Gasteiger partial charge on any atom is 0.138 e. The van der Waals surface area contributed by atoms with Crippen molar-refractivity contribution in [2.24, 2.45) is 17.7 Å². The number of pyridine rings is 1. The van der Waals surface area contributed by atoms with Gasteiger partial charge in [-0.25, -0.2) is 0 Å². The van der Waals surface area contributed by atoms with Gasteiger partial charge in [0.05, 0.1) is 30.6 Å². The minimum Gasteiger partial charge on any atom is -0.489 e. The zero-order valence-electron chi connectivity index (χ0n) is 13.5. The average molecular weight is 293 g/mol. The third-order valence-corrected chi connectivity index (χ3v) is 4.35. The van der Waals surface area contributed by atoms with Crippen LogP contribution in [0.5, 0.6) is 5.75 Å². The largest absolute Gasteiger partial charge is 0.489 e. The van der Waals surface area contributed by atoms with E-state index in [2.05, 4.69) is 31.2 Å². The smallest absolute Gasteiger partial charge is 0.138 e. The lowest BCUT2D eigenvalue weighted by Gasteiger charge is -2.28. The van der Waals surface area contributed by atoms with E-state index in [4.69, 9.17) is 15.3 Å². The molecule has 0 spiro atoms. The molecule has 0 aliphatic carbocycles. The van der Waals surface area contributed by atoms with Gasteiger partial charge in [-0.05, 0) is 45.2 Å². The highest BCUT2D eigenvalue weighted by Crippen LogP contribution is 2.40. The molecule has 0 aromatic carbocycles. The average Bonchev–Trinajstić information content (AvgIpc) is 2.66. The molecule has 0 radical (unpaired) electrons. The molecule has 0 amide bonds. The van der Waals surface area contributed by atoms with Gasteiger partial charge in [-0.3, -0.25) is 16.3 Å². The maximum absolute atomic E-state index is 5.94. The molecule has 21 heavy (non-hydrogen) atoms. The van der Waals surface area contributed by atoms with Crippen LogP contribution in [0.2, 0.25) is 0 Å². The zero-order chi connectivity index (χ0) is 15.6. The Hall–Kier alpha value is -1.17. The molecule has 3 N–H and O–H groups in total. The number of nitrogens with two attached hydrogens (primary N) is 1. The Morgan fingerprint density at radius 3 is 2.48 bits per heavy atom. The lowest BCUT2D eigenvalue weighted by molar-refractivity contribution is 0.0474. The van der Waals surface area contributed by atoms with Crippen molar-refractivity contribution >= 4 is 0 Å². The first kappa shape index (κ1) is 16.2. The van der Waals surface area contributed by atoms with E-state index in [0.717, 1.165) is 11.3 Å². The van der Waals surface area contributed by atoms with Gasteiger partial charge >= 0.3 is 0 Å². The highest BCUT2D eigenvalue weighted by molar-refractivity contribution is 5.27. The molecule has 0 bridgehead atoms. The van der Waals surface area contributed by atoms with E-state index in [1.807, 2.05) is 26.1 Å². The molecular weight excluding hydrogens is 266 g/mol. The fourth-order valence-electron chi connectivity index (χ4n) is 3.24. The van der Waals surface area contributed by atoms with E-state index >= 15 is 0 Å². The number of hydrazine groups is 1. The molecule has 1 aliphatic rings. The molecule has 1 aromatic heterocycles. The minimum absolute atomic E-state index is 0.00293. The van der Waals surface area contributed by atoms with Crippen LogP contribution < -0.4 is 16.0 Å². The first-order chi connectivity index (χ1) is 9.93. The van der Waals surface area contributed by atoms with Gasteiger partial charge in [-0.1, -0.05) is 6.92 Å². The molecule has 2 heterocycles. The van der Waals surface area contributed by atoms with Crippen molar-refractivity contribution < 1.29 is 9.47 Å². The second-order valence-corrected chi connectivity index (χ2v) is 6.25. The molecule has 5 heteroatoms. The summed E-state index contributed by atoms with van der Waals surface area (Å²) in [5, 5.41) is 0. The van der Waals surface area contributed by atoms with Crippen molar-refractivity contribution in [1.82, 2.24) is 10.4 Å². The van der Waals surface area contributed by atoms with E-state index in [0.29, 0.717) is 11.8 Å². The van der Waals surface area contributed by atoms with Crippen molar-refractivity contribution in [2.45, 2.75) is 59.0 Å². The highest BCUT2D eigenvalue weighted by atomic mass is 16.5. The number of ether oxygens (including phenoxy) is 2. The number of nitrogens with one attached hydrogen (secondary N) is 1. The SMILES string of the molecule is CC(C)Oc1cncc(C(NN)C2C(C)OC(C)C2C)c1. The topological polar surface area (TPSA) is 69.4 Å². The quantitative estimate of drug-likeness (QED) is 0.644. The van der Waals surface area contributed by atoms with Gasteiger partial charge in [-0.15, -0.1) is 0 Å². The van der Waals surface area contributed by atoms with Crippen LogP contribution in [0.15, 0.2) is 18.5 Å². The second kappa shape index (κ2) is 6.73. The Bertz CT molecular complexity index is 467. The first-order valence-corrected chi connectivity index (χ1v) is 7.67. The fourth-order valence-corrected chi connectivity index (χ4v) is 3.24. The van der Waals surface area contributed by atoms with Gasteiger partial charge in [0, 0.05) is 12.1 Å². The van der Waals surface area contributed by atoms with E-state index in [1.54, 1.807) is 6.20 Å². The molecule has 5 unspecified atom stereocenters. The Balaban J connectivity index is 2.25. The van der Waals surface area contributed by atoms with Crippen LogP contribution in [0.4, 0.5) is 0 Å².